The van der Waals surface area contributed by atoms with Crippen molar-refractivity contribution in [1.82, 2.24) is 9.80 Å². The van der Waals surface area contributed by atoms with Gasteiger partial charge in [-0.2, -0.15) is 0 Å². The molecule has 0 aromatic heterocycles. The minimum Gasteiger partial charge on any atom is -0.328 e. The number of hydrogen-bond donors (Lipinski definition) is 1. The molecule has 2 unspecified atom stereocenters. The Kier molecular flexibility index (Phi) is 4.40. The first-order chi connectivity index (χ1) is 8.58. The van der Waals surface area contributed by atoms with E-state index >= 15 is 0 Å². The fourth-order valence-corrected chi connectivity index (χ4v) is 2.85. The second-order valence-corrected chi connectivity index (χ2v) is 5.68. The molecule has 4 heteroatoms. The molecule has 0 radical (unpaired) electrons. The van der Waals surface area contributed by atoms with Crippen LogP contribution in [-0.4, -0.2) is 48.4 Å². The summed E-state index contributed by atoms with van der Waals surface area (Å²) in [7, 11) is 1.90. The van der Waals surface area contributed by atoms with E-state index < -0.39 is 0 Å². The predicted molar refractivity (Wildman–Crippen MR) is 72.9 cm³/mol. The van der Waals surface area contributed by atoms with Gasteiger partial charge in [0.15, 0.2) is 0 Å². The van der Waals surface area contributed by atoms with Gasteiger partial charge in [0.1, 0.15) is 0 Å². The lowest BCUT2D eigenvalue weighted by Crippen LogP contribution is -2.37. The van der Waals surface area contributed by atoms with E-state index in [9.17, 15) is 4.79 Å². The molecule has 1 fully saturated rings. The largest absolute Gasteiger partial charge is 0.328 e. The van der Waals surface area contributed by atoms with E-state index in [2.05, 4.69) is 17.9 Å². The zero-order valence-corrected chi connectivity index (χ0v) is 11.6. The molecule has 0 aromatic rings. The van der Waals surface area contributed by atoms with Gasteiger partial charge >= 0.3 is 0 Å². The summed E-state index contributed by atoms with van der Waals surface area (Å²) in [5, 5.41) is 0. The average Bonchev–Trinajstić information content (AvgIpc) is 2.98. The van der Waals surface area contributed by atoms with E-state index in [-0.39, 0.29) is 11.9 Å². The van der Waals surface area contributed by atoms with Crippen molar-refractivity contribution in [3.63, 3.8) is 0 Å². The highest BCUT2D eigenvalue weighted by Crippen LogP contribution is 2.22. The Hall–Kier alpha value is -0.870. The van der Waals surface area contributed by atoms with Crippen LogP contribution in [0.3, 0.4) is 0 Å². The maximum absolute atomic E-state index is 12.2. The van der Waals surface area contributed by atoms with Gasteiger partial charge in [0.2, 0.25) is 5.91 Å². The van der Waals surface area contributed by atoms with Gasteiger partial charge in [-0.15, -0.1) is 0 Å². The van der Waals surface area contributed by atoms with Crippen molar-refractivity contribution < 1.29 is 4.79 Å². The number of rotatable bonds is 4. The van der Waals surface area contributed by atoms with E-state index in [0.29, 0.717) is 12.5 Å². The summed E-state index contributed by atoms with van der Waals surface area (Å²) < 4.78 is 0. The van der Waals surface area contributed by atoms with Crippen molar-refractivity contribution in [2.45, 2.75) is 38.6 Å². The molecular formula is C14H25N3O. The number of allylic oxidation sites excluding steroid dienone is 2. The van der Waals surface area contributed by atoms with E-state index in [1.165, 1.54) is 12.1 Å². The SMILES string of the molecule is CC(N)C1CCN(CC(=O)N(C)C2=CCCC2)C1. The van der Waals surface area contributed by atoms with Gasteiger partial charge in [0.25, 0.3) is 0 Å². The number of nitrogens with two attached hydrogens (primary N) is 1. The number of hydrogen-bond acceptors (Lipinski definition) is 3. The minimum absolute atomic E-state index is 0.216. The smallest absolute Gasteiger partial charge is 0.240 e. The van der Waals surface area contributed by atoms with Crippen LogP contribution in [-0.2, 0) is 4.79 Å². The van der Waals surface area contributed by atoms with Crippen LogP contribution in [0.25, 0.3) is 0 Å². The van der Waals surface area contributed by atoms with Crippen molar-refractivity contribution in [3.8, 4) is 0 Å². The Morgan fingerprint density at radius 2 is 2.44 bits per heavy atom. The Labute approximate surface area is 110 Å². The summed E-state index contributed by atoms with van der Waals surface area (Å²) >= 11 is 0. The molecule has 2 aliphatic rings. The Balaban J connectivity index is 1.81. The van der Waals surface area contributed by atoms with Crippen LogP contribution in [0, 0.1) is 5.92 Å². The first-order valence-corrected chi connectivity index (χ1v) is 7.01. The lowest BCUT2D eigenvalue weighted by atomic mass is 10.0. The van der Waals surface area contributed by atoms with Crippen molar-refractivity contribution in [2.75, 3.05) is 26.7 Å². The van der Waals surface area contributed by atoms with Crippen LogP contribution < -0.4 is 5.73 Å². The zero-order valence-electron chi connectivity index (χ0n) is 11.6. The number of likely N-dealkylation sites (tertiary alicyclic amines) is 1. The van der Waals surface area contributed by atoms with Crippen LogP contribution in [0.2, 0.25) is 0 Å². The highest BCUT2D eigenvalue weighted by atomic mass is 16.2. The van der Waals surface area contributed by atoms with E-state index in [1.807, 2.05) is 11.9 Å². The third-order valence-electron chi connectivity index (χ3n) is 4.23. The van der Waals surface area contributed by atoms with Crippen molar-refractivity contribution in [3.05, 3.63) is 11.8 Å². The molecule has 4 nitrogen and oxygen atoms in total. The van der Waals surface area contributed by atoms with Crippen LogP contribution in [0.15, 0.2) is 11.8 Å². The van der Waals surface area contributed by atoms with Gasteiger partial charge in [-0.25, -0.2) is 0 Å². The first-order valence-electron chi connectivity index (χ1n) is 7.01. The highest BCUT2D eigenvalue weighted by Gasteiger charge is 2.27. The molecule has 2 atom stereocenters. The fraction of sp³-hybridized carbons (Fsp3) is 0.786. The third-order valence-corrected chi connectivity index (χ3v) is 4.23. The topological polar surface area (TPSA) is 49.6 Å². The van der Waals surface area contributed by atoms with Gasteiger partial charge in [-0.3, -0.25) is 9.69 Å². The second-order valence-electron chi connectivity index (χ2n) is 5.68. The average molecular weight is 251 g/mol. The summed E-state index contributed by atoms with van der Waals surface area (Å²) in [6, 6.07) is 0.236. The number of carbonyl (C=O) groups excluding carboxylic acids is 1. The Morgan fingerprint density at radius 3 is 3.00 bits per heavy atom. The molecule has 2 rings (SSSR count). The molecule has 18 heavy (non-hydrogen) atoms. The monoisotopic (exact) mass is 251 g/mol. The lowest BCUT2D eigenvalue weighted by molar-refractivity contribution is -0.129. The third kappa shape index (κ3) is 3.12. The van der Waals surface area contributed by atoms with E-state index in [0.717, 1.165) is 32.4 Å². The van der Waals surface area contributed by atoms with E-state index in [1.54, 1.807) is 0 Å². The van der Waals surface area contributed by atoms with Crippen molar-refractivity contribution >= 4 is 5.91 Å². The molecule has 2 N–H and O–H groups in total. The Morgan fingerprint density at radius 1 is 1.67 bits per heavy atom. The number of amides is 1. The van der Waals surface area contributed by atoms with Gasteiger partial charge in [-0.05, 0) is 45.1 Å². The summed E-state index contributed by atoms with van der Waals surface area (Å²) in [6.45, 7) is 4.57. The van der Waals surface area contributed by atoms with Gasteiger partial charge in [0, 0.05) is 25.3 Å². The number of likely N-dealkylation sites (N-methyl/N-ethyl adjacent to an activating group) is 1. The predicted octanol–water partition coefficient (Wildman–Crippen LogP) is 1.18. The van der Waals surface area contributed by atoms with Gasteiger partial charge in [0.05, 0.1) is 6.54 Å². The normalized spacial score (nSPS) is 26.2. The van der Waals surface area contributed by atoms with Crippen molar-refractivity contribution in [2.24, 2.45) is 11.7 Å². The standard InChI is InChI=1S/C14H25N3O/c1-11(15)12-7-8-17(9-12)10-14(18)16(2)13-5-3-4-6-13/h5,11-12H,3-4,6-10,15H2,1-2H3. The first kappa shape index (κ1) is 13.6. The number of nitrogens with zero attached hydrogens (tertiary/aromatic N) is 2. The molecule has 102 valence electrons. The fourth-order valence-electron chi connectivity index (χ4n) is 2.85. The van der Waals surface area contributed by atoms with Crippen LogP contribution >= 0.6 is 0 Å². The highest BCUT2D eigenvalue weighted by molar-refractivity contribution is 5.79. The number of carbonyl (C=O) groups is 1. The zero-order chi connectivity index (χ0) is 13.1. The maximum atomic E-state index is 12.2. The van der Waals surface area contributed by atoms with Gasteiger partial charge in [-0.1, -0.05) is 6.08 Å². The molecule has 1 heterocycles. The quantitative estimate of drug-likeness (QED) is 0.816. The van der Waals surface area contributed by atoms with Crippen molar-refractivity contribution in [1.29, 1.82) is 0 Å². The molecule has 1 amide bonds. The maximum Gasteiger partial charge on any atom is 0.240 e. The Bertz CT molecular complexity index is 338. The second kappa shape index (κ2) is 5.85. The van der Waals surface area contributed by atoms with Crippen LogP contribution in [0.4, 0.5) is 0 Å². The molecule has 0 aromatic carbocycles. The van der Waals surface area contributed by atoms with Crippen LogP contribution in [0.1, 0.15) is 32.6 Å². The molecular weight excluding hydrogens is 226 g/mol. The minimum atomic E-state index is 0.216. The summed E-state index contributed by atoms with van der Waals surface area (Å²) in [6.07, 6.45) is 6.65. The molecule has 0 saturated carbocycles. The summed E-state index contributed by atoms with van der Waals surface area (Å²) in [5.74, 6) is 0.766. The molecule has 1 saturated heterocycles. The summed E-state index contributed by atoms with van der Waals surface area (Å²) in [5.41, 5.74) is 7.12. The molecule has 1 aliphatic heterocycles. The van der Waals surface area contributed by atoms with E-state index in [4.69, 9.17) is 5.73 Å². The molecule has 1 aliphatic carbocycles. The van der Waals surface area contributed by atoms with Gasteiger partial charge < -0.3 is 10.6 Å². The summed E-state index contributed by atoms with van der Waals surface area (Å²) in [4.78, 5) is 16.3. The van der Waals surface area contributed by atoms with Crippen LogP contribution in [0.5, 0.6) is 0 Å². The molecule has 0 bridgehead atoms. The molecule has 0 spiro atoms. The lowest BCUT2D eigenvalue weighted by Gasteiger charge is -2.23.